The second-order valence-corrected chi connectivity index (χ2v) is 19.4. The molecule has 0 N–H and O–H groups in total. The monoisotopic (exact) mass is 848 g/mol. The van der Waals surface area contributed by atoms with Gasteiger partial charge in [-0.25, -0.2) is 0 Å². The van der Waals surface area contributed by atoms with E-state index >= 15 is 0 Å². The molecule has 2 aliphatic carbocycles. The minimum Gasteiger partial charge on any atom is -1.00 e. The van der Waals surface area contributed by atoms with Gasteiger partial charge in [0.05, 0.1) is 0 Å². The molecule has 0 heterocycles. The van der Waals surface area contributed by atoms with Gasteiger partial charge in [-0.1, -0.05) is 213 Å². The van der Waals surface area contributed by atoms with Gasteiger partial charge >= 0.3 is 43.4 Å². The zero-order valence-corrected chi connectivity index (χ0v) is 40.2. The number of rotatable bonds is 2. The van der Waals surface area contributed by atoms with Crippen LogP contribution in [0.3, 0.4) is 0 Å². The Bertz CT molecular complexity index is 2310. The molecular weight excluding hydrogens is 791 g/mol. The van der Waals surface area contributed by atoms with Gasteiger partial charge in [-0.05, 0) is 34.5 Å². The van der Waals surface area contributed by atoms with E-state index in [0.29, 0.717) is 0 Å². The fourth-order valence-corrected chi connectivity index (χ4v) is 8.31. The fraction of sp³-hybridized carbons (Fsp3) is 0.346. The maximum Gasteiger partial charge on any atom is 2.00 e. The van der Waals surface area contributed by atoms with E-state index in [1.54, 1.807) is 0 Å². The minimum absolute atomic E-state index is 0. The fourth-order valence-electron chi connectivity index (χ4n) is 8.31. The molecule has 0 nitrogen and oxygen atoms in total. The summed E-state index contributed by atoms with van der Waals surface area (Å²) in [6.45, 7) is 27.6. The molecule has 0 bridgehead atoms. The summed E-state index contributed by atoms with van der Waals surface area (Å²) in [6, 6.07) is 28.2. The molecule has 0 aliphatic heterocycles. The van der Waals surface area contributed by atoms with Gasteiger partial charge in [0.25, 0.3) is 0 Å². The molecule has 0 aromatic heterocycles. The van der Waals surface area contributed by atoms with Crippen molar-refractivity contribution in [2.75, 3.05) is 0 Å². The molecule has 0 amide bonds. The first-order valence-corrected chi connectivity index (χ1v) is 19.4. The summed E-state index contributed by atoms with van der Waals surface area (Å²) in [7, 11) is 0. The van der Waals surface area contributed by atoms with Gasteiger partial charge < -0.3 is 24.8 Å². The van der Waals surface area contributed by atoms with Crippen molar-refractivity contribution >= 4 is 54.2 Å². The third kappa shape index (κ3) is 9.23. The van der Waals surface area contributed by atoms with Gasteiger partial charge in [0.1, 0.15) is 0 Å². The van der Waals surface area contributed by atoms with Gasteiger partial charge in [0, 0.05) is 0 Å². The summed E-state index contributed by atoms with van der Waals surface area (Å²) in [6.07, 6.45) is 15.6. The first-order chi connectivity index (χ1) is 24.3. The number of hydrogen-bond donors (Lipinski definition) is 0. The third-order valence-corrected chi connectivity index (χ3v) is 11.3. The van der Waals surface area contributed by atoms with Crippen molar-refractivity contribution in [3.8, 4) is 0 Å². The van der Waals surface area contributed by atoms with Crippen LogP contribution in [0.15, 0.2) is 109 Å². The minimum atomic E-state index is 0. The summed E-state index contributed by atoms with van der Waals surface area (Å²) in [4.78, 5) is 0. The molecule has 6 aromatic carbocycles. The standard InChI is InChI=1S/2C26H29.2ClH.2Ti/c2*1-25(2,3)19-11-12-20-18(15-19)16-22-21(20)13-14-23(26(4,5)6)24(22)17-9-7-8-10-17;;;;/h2*7-9,11-16H,10H2,1-6H3;2*1H;;/q2*-1;;;2*+2/p-2. The summed E-state index contributed by atoms with van der Waals surface area (Å²) in [5.41, 5.74) is 12.1. The van der Waals surface area contributed by atoms with Crippen molar-refractivity contribution in [2.45, 2.75) is 118 Å². The molecule has 6 aromatic rings. The molecule has 0 saturated heterocycles. The Balaban J connectivity index is 0.000000280. The van der Waals surface area contributed by atoms with Crippen LogP contribution < -0.4 is 24.8 Å². The SMILES string of the molecule is CC(C)(C)c1ccc2c(c1)[cH-]c1c(C3=CC=CC3)c(C(C)(C)C)ccc12.CC(C)(C)c1ccc2c(c1)[cH-]c1c(C3=CC=CC3)c(C(C)(C)C)ccc12.[Cl-].[Cl-].[Ti+2].[Ti+2]. The van der Waals surface area contributed by atoms with E-state index in [1.807, 2.05) is 0 Å². The van der Waals surface area contributed by atoms with Crippen LogP contribution in [0.5, 0.6) is 0 Å². The van der Waals surface area contributed by atoms with Crippen LogP contribution in [0.1, 0.15) is 129 Å². The number of fused-ring (bicyclic) bond motifs is 6. The predicted molar refractivity (Wildman–Crippen MR) is 232 cm³/mol. The number of halogens is 2. The van der Waals surface area contributed by atoms with Crippen LogP contribution in [0.25, 0.3) is 54.2 Å². The van der Waals surface area contributed by atoms with E-state index in [1.165, 1.54) is 87.6 Å². The van der Waals surface area contributed by atoms with Crippen molar-refractivity contribution < 1.29 is 68.2 Å². The average Bonchev–Trinajstić information content (AvgIpc) is 3.88. The summed E-state index contributed by atoms with van der Waals surface area (Å²) >= 11 is 0. The maximum atomic E-state index is 2.42. The number of benzene rings is 4. The Morgan fingerprint density at radius 1 is 0.429 bits per heavy atom. The second-order valence-electron chi connectivity index (χ2n) is 19.4. The van der Waals surface area contributed by atoms with Crippen LogP contribution in [0.2, 0.25) is 0 Å². The molecule has 8 rings (SSSR count). The van der Waals surface area contributed by atoms with Gasteiger partial charge in [-0.3, -0.25) is 0 Å². The van der Waals surface area contributed by atoms with Crippen LogP contribution >= 0.6 is 0 Å². The maximum absolute atomic E-state index is 2.42. The Kier molecular flexibility index (Phi) is 14.9. The molecule has 288 valence electrons. The molecule has 0 atom stereocenters. The van der Waals surface area contributed by atoms with Crippen LogP contribution in [-0.2, 0) is 65.1 Å². The molecular formula is C52H58Cl2Ti2. The third-order valence-electron chi connectivity index (χ3n) is 11.3. The van der Waals surface area contributed by atoms with E-state index in [2.05, 4.69) is 192 Å². The Morgan fingerprint density at radius 2 is 0.768 bits per heavy atom. The molecule has 2 aliphatic rings. The normalized spacial score (nSPS) is 14.1. The number of allylic oxidation sites excluding steroid dienone is 8. The van der Waals surface area contributed by atoms with Crippen LogP contribution in [-0.4, -0.2) is 0 Å². The predicted octanol–water partition coefficient (Wildman–Crippen LogP) is 9.30. The smallest absolute Gasteiger partial charge is 1.00 e. The van der Waals surface area contributed by atoms with E-state index in [-0.39, 0.29) is 89.9 Å². The largest absolute Gasteiger partial charge is 2.00 e. The van der Waals surface area contributed by atoms with E-state index < -0.39 is 0 Å². The van der Waals surface area contributed by atoms with Crippen molar-refractivity contribution in [1.82, 2.24) is 0 Å². The molecule has 0 saturated carbocycles. The van der Waals surface area contributed by atoms with Crippen molar-refractivity contribution in [1.29, 1.82) is 0 Å². The Labute approximate surface area is 379 Å². The number of hydrogen-bond acceptors (Lipinski definition) is 0. The quantitative estimate of drug-likeness (QED) is 0.121. The van der Waals surface area contributed by atoms with Crippen LogP contribution in [0, 0.1) is 0 Å². The molecule has 4 heteroatoms. The second kappa shape index (κ2) is 17.4. The van der Waals surface area contributed by atoms with Crippen molar-refractivity contribution in [2.24, 2.45) is 0 Å². The van der Waals surface area contributed by atoms with Gasteiger partial charge in [0.15, 0.2) is 0 Å². The van der Waals surface area contributed by atoms with E-state index in [0.717, 1.165) is 12.8 Å². The Morgan fingerprint density at radius 3 is 1.05 bits per heavy atom. The van der Waals surface area contributed by atoms with E-state index in [9.17, 15) is 0 Å². The first-order valence-electron chi connectivity index (χ1n) is 19.4. The summed E-state index contributed by atoms with van der Waals surface area (Å²) < 4.78 is 0. The van der Waals surface area contributed by atoms with Crippen LogP contribution in [0.4, 0.5) is 0 Å². The molecule has 0 fully saturated rings. The molecule has 0 radical (unpaired) electrons. The zero-order chi connectivity index (χ0) is 37.4. The molecule has 56 heavy (non-hydrogen) atoms. The summed E-state index contributed by atoms with van der Waals surface area (Å²) in [5, 5.41) is 11.1. The average molecular weight is 850 g/mol. The zero-order valence-electron chi connectivity index (χ0n) is 35.6. The topological polar surface area (TPSA) is 0 Å². The van der Waals surface area contributed by atoms with E-state index in [4.69, 9.17) is 0 Å². The van der Waals surface area contributed by atoms with Gasteiger partial charge in [-0.2, -0.15) is 0 Å². The van der Waals surface area contributed by atoms with Crippen molar-refractivity contribution in [3.63, 3.8) is 0 Å². The Hall–Kier alpha value is -2.41. The summed E-state index contributed by atoms with van der Waals surface area (Å²) in [5.74, 6) is 0. The van der Waals surface area contributed by atoms with Crippen molar-refractivity contribution in [3.05, 3.63) is 143 Å². The van der Waals surface area contributed by atoms with Gasteiger partial charge in [0.2, 0.25) is 0 Å². The first kappa shape index (κ1) is 48.0. The molecule has 0 unspecified atom stereocenters. The molecule has 0 spiro atoms. The van der Waals surface area contributed by atoms with Gasteiger partial charge in [-0.15, -0.1) is 67.4 Å².